The van der Waals surface area contributed by atoms with E-state index in [1.54, 1.807) is 0 Å². The molecule has 164 valence electrons. The summed E-state index contributed by atoms with van der Waals surface area (Å²) in [5.41, 5.74) is 4.18. The summed E-state index contributed by atoms with van der Waals surface area (Å²) in [7, 11) is 0. The van der Waals surface area contributed by atoms with E-state index in [0.29, 0.717) is 13.2 Å². The van der Waals surface area contributed by atoms with Gasteiger partial charge in [0.1, 0.15) is 13.2 Å². The number of rotatable bonds is 5. The van der Waals surface area contributed by atoms with Crippen molar-refractivity contribution in [3.05, 3.63) is 42.0 Å². The monoisotopic (exact) mass is 421 g/mol. The SMILES string of the molecule is CC(C(=O)Nc1c(N2CCCC2)cccc1N1CCCC1)c1ccc2c(c1)OCCO2. The van der Waals surface area contributed by atoms with Crippen LogP contribution in [0.5, 0.6) is 11.5 Å². The molecule has 5 rings (SSSR count). The second-order valence-electron chi connectivity index (χ2n) is 8.67. The maximum atomic E-state index is 13.4. The topological polar surface area (TPSA) is 54.0 Å². The molecule has 0 spiro atoms. The average molecular weight is 422 g/mol. The lowest BCUT2D eigenvalue weighted by Gasteiger charge is -2.28. The molecule has 1 atom stereocenters. The van der Waals surface area contributed by atoms with Gasteiger partial charge < -0.3 is 24.6 Å². The molecule has 0 aliphatic carbocycles. The summed E-state index contributed by atoms with van der Waals surface area (Å²) >= 11 is 0. The van der Waals surface area contributed by atoms with Gasteiger partial charge in [-0.1, -0.05) is 12.1 Å². The van der Waals surface area contributed by atoms with Crippen LogP contribution in [0.15, 0.2) is 36.4 Å². The maximum absolute atomic E-state index is 13.4. The van der Waals surface area contributed by atoms with Crippen LogP contribution in [0, 0.1) is 0 Å². The Labute approximate surface area is 184 Å². The Balaban J connectivity index is 1.43. The predicted molar refractivity (Wildman–Crippen MR) is 124 cm³/mol. The average Bonchev–Trinajstić information content (AvgIpc) is 3.53. The number of hydrogen-bond acceptors (Lipinski definition) is 5. The molecule has 2 saturated heterocycles. The normalized spacial score (nSPS) is 18.9. The van der Waals surface area contributed by atoms with Crippen molar-refractivity contribution in [2.24, 2.45) is 0 Å². The number of carbonyl (C=O) groups is 1. The van der Waals surface area contributed by atoms with Gasteiger partial charge in [-0.25, -0.2) is 0 Å². The Morgan fingerprint density at radius 1 is 0.871 bits per heavy atom. The van der Waals surface area contributed by atoms with Gasteiger partial charge in [-0.3, -0.25) is 4.79 Å². The second-order valence-corrected chi connectivity index (χ2v) is 8.67. The van der Waals surface area contributed by atoms with Crippen molar-refractivity contribution in [2.75, 3.05) is 54.5 Å². The smallest absolute Gasteiger partial charge is 0.231 e. The van der Waals surface area contributed by atoms with Crippen molar-refractivity contribution in [1.82, 2.24) is 0 Å². The van der Waals surface area contributed by atoms with Crippen LogP contribution in [0.3, 0.4) is 0 Å². The quantitative estimate of drug-likeness (QED) is 0.776. The highest BCUT2D eigenvalue weighted by Gasteiger charge is 2.26. The third kappa shape index (κ3) is 4.03. The van der Waals surface area contributed by atoms with Gasteiger partial charge in [0.25, 0.3) is 0 Å². The molecule has 3 heterocycles. The van der Waals surface area contributed by atoms with Crippen molar-refractivity contribution in [1.29, 1.82) is 0 Å². The lowest BCUT2D eigenvalue weighted by Crippen LogP contribution is -2.27. The van der Waals surface area contributed by atoms with Crippen molar-refractivity contribution >= 4 is 23.0 Å². The van der Waals surface area contributed by atoms with E-state index in [9.17, 15) is 4.79 Å². The van der Waals surface area contributed by atoms with E-state index in [0.717, 1.165) is 60.3 Å². The Morgan fingerprint density at radius 2 is 1.45 bits per heavy atom. The molecule has 31 heavy (non-hydrogen) atoms. The second kappa shape index (κ2) is 8.69. The molecule has 0 saturated carbocycles. The minimum atomic E-state index is -0.297. The lowest BCUT2D eigenvalue weighted by molar-refractivity contribution is -0.117. The Kier molecular flexibility index (Phi) is 5.62. The van der Waals surface area contributed by atoms with E-state index in [1.807, 2.05) is 25.1 Å². The van der Waals surface area contributed by atoms with Crippen LogP contribution in [-0.2, 0) is 4.79 Å². The van der Waals surface area contributed by atoms with Crippen LogP contribution in [0.1, 0.15) is 44.1 Å². The van der Waals surface area contributed by atoms with Gasteiger partial charge in [0.2, 0.25) is 5.91 Å². The Hall–Kier alpha value is -2.89. The molecule has 1 N–H and O–H groups in total. The predicted octanol–water partition coefficient (Wildman–Crippen LogP) is 4.40. The number of nitrogens with zero attached hydrogens (tertiary/aromatic N) is 2. The fourth-order valence-corrected chi connectivity index (χ4v) is 4.81. The summed E-state index contributed by atoms with van der Waals surface area (Å²) in [5, 5.41) is 3.32. The van der Waals surface area contributed by atoms with E-state index >= 15 is 0 Å². The third-order valence-electron chi connectivity index (χ3n) is 6.62. The number of benzene rings is 2. The van der Waals surface area contributed by atoms with E-state index in [-0.39, 0.29) is 11.8 Å². The first kappa shape index (κ1) is 20.0. The molecule has 0 bridgehead atoms. The number of hydrogen-bond donors (Lipinski definition) is 1. The number of carbonyl (C=O) groups excluding carboxylic acids is 1. The number of fused-ring (bicyclic) bond motifs is 1. The number of para-hydroxylation sites is 1. The molecule has 2 fully saturated rings. The van der Waals surface area contributed by atoms with Gasteiger partial charge in [0.15, 0.2) is 11.5 Å². The molecule has 3 aliphatic rings. The van der Waals surface area contributed by atoms with E-state index in [2.05, 4.69) is 33.3 Å². The molecule has 1 unspecified atom stereocenters. The van der Waals surface area contributed by atoms with E-state index in [1.165, 1.54) is 25.7 Å². The first-order valence-electron chi connectivity index (χ1n) is 11.5. The maximum Gasteiger partial charge on any atom is 0.231 e. The van der Waals surface area contributed by atoms with Gasteiger partial charge in [-0.15, -0.1) is 0 Å². The van der Waals surface area contributed by atoms with E-state index < -0.39 is 0 Å². The zero-order valence-electron chi connectivity index (χ0n) is 18.2. The van der Waals surface area contributed by atoms with Crippen LogP contribution >= 0.6 is 0 Å². The van der Waals surface area contributed by atoms with Gasteiger partial charge in [-0.2, -0.15) is 0 Å². The van der Waals surface area contributed by atoms with Crippen molar-refractivity contribution in [2.45, 2.75) is 38.5 Å². The van der Waals surface area contributed by atoms with Crippen molar-refractivity contribution in [3.8, 4) is 11.5 Å². The fraction of sp³-hybridized carbons (Fsp3) is 0.480. The first-order chi connectivity index (χ1) is 15.2. The molecule has 6 nitrogen and oxygen atoms in total. The van der Waals surface area contributed by atoms with Crippen LogP contribution in [0.25, 0.3) is 0 Å². The molecular weight excluding hydrogens is 390 g/mol. The molecule has 2 aromatic carbocycles. The summed E-state index contributed by atoms with van der Waals surface area (Å²) in [6, 6.07) is 12.2. The van der Waals surface area contributed by atoms with Crippen LogP contribution in [0.2, 0.25) is 0 Å². The molecular formula is C25H31N3O3. The number of amides is 1. The number of ether oxygens (including phenoxy) is 2. The zero-order valence-corrected chi connectivity index (χ0v) is 18.2. The third-order valence-corrected chi connectivity index (χ3v) is 6.62. The summed E-state index contributed by atoms with van der Waals surface area (Å²) in [6.45, 7) is 7.24. The van der Waals surface area contributed by atoms with Crippen LogP contribution in [-0.4, -0.2) is 45.3 Å². The molecule has 1 amide bonds. The highest BCUT2D eigenvalue weighted by molar-refractivity contribution is 6.02. The van der Waals surface area contributed by atoms with Gasteiger partial charge in [0, 0.05) is 26.2 Å². The summed E-state index contributed by atoms with van der Waals surface area (Å²) in [6.07, 6.45) is 4.81. The van der Waals surface area contributed by atoms with Crippen LogP contribution in [0.4, 0.5) is 17.1 Å². The Morgan fingerprint density at radius 3 is 2.06 bits per heavy atom. The molecule has 0 radical (unpaired) electrons. The minimum absolute atomic E-state index is 0.00349. The van der Waals surface area contributed by atoms with Gasteiger partial charge in [0.05, 0.1) is 23.0 Å². The van der Waals surface area contributed by atoms with Gasteiger partial charge in [-0.05, 0) is 62.4 Å². The Bertz CT molecular complexity index is 915. The first-order valence-corrected chi connectivity index (χ1v) is 11.5. The standard InChI is InChI=1S/C25H31N3O3/c1-18(19-9-10-22-23(17-19)31-16-15-30-22)25(29)26-24-20(27-11-2-3-12-27)7-6-8-21(24)28-13-4-5-14-28/h6-10,17-18H,2-5,11-16H2,1H3,(H,26,29). The molecule has 6 heteroatoms. The highest BCUT2D eigenvalue weighted by atomic mass is 16.6. The highest BCUT2D eigenvalue weighted by Crippen LogP contribution is 2.40. The van der Waals surface area contributed by atoms with Crippen molar-refractivity contribution in [3.63, 3.8) is 0 Å². The molecule has 0 aromatic heterocycles. The lowest BCUT2D eigenvalue weighted by atomic mass is 9.99. The zero-order chi connectivity index (χ0) is 21.2. The van der Waals surface area contributed by atoms with E-state index in [4.69, 9.17) is 9.47 Å². The molecule has 3 aliphatic heterocycles. The summed E-state index contributed by atoms with van der Waals surface area (Å²) in [4.78, 5) is 18.2. The number of anilines is 3. The molecule has 2 aromatic rings. The van der Waals surface area contributed by atoms with Crippen LogP contribution < -0.4 is 24.6 Å². The van der Waals surface area contributed by atoms with Crippen molar-refractivity contribution < 1.29 is 14.3 Å². The summed E-state index contributed by atoms with van der Waals surface area (Å²) in [5.74, 6) is 1.18. The van der Waals surface area contributed by atoms with Gasteiger partial charge >= 0.3 is 0 Å². The fourth-order valence-electron chi connectivity index (χ4n) is 4.81. The number of nitrogens with one attached hydrogen (secondary N) is 1. The summed E-state index contributed by atoms with van der Waals surface area (Å²) < 4.78 is 11.3. The largest absolute Gasteiger partial charge is 0.486 e. The minimum Gasteiger partial charge on any atom is -0.486 e.